The summed E-state index contributed by atoms with van der Waals surface area (Å²) in [6.07, 6.45) is -7.04. The van der Waals surface area contributed by atoms with Gasteiger partial charge in [0.25, 0.3) is 0 Å². The van der Waals surface area contributed by atoms with Gasteiger partial charge in [0.1, 0.15) is 12.7 Å². The van der Waals surface area contributed by atoms with Crippen molar-refractivity contribution in [1.82, 2.24) is 0 Å². The third-order valence-electron chi connectivity index (χ3n) is 5.06. The lowest BCUT2D eigenvalue weighted by Crippen LogP contribution is -2.63. The summed E-state index contributed by atoms with van der Waals surface area (Å²) in [6, 6.07) is 2.63. The Morgan fingerprint density at radius 3 is 1.68 bits per heavy atom. The highest BCUT2D eigenvalue weighted by Crippen LogP contribution is 2.41. The van der Waals surface area contributed by atoms with Gasteiger partial charge in [0.15, 0.2) is 23.7 Å². The van der Waals surface area contributed by atoms with Crippen LogP contribution in [0.2, 0.25) is 0 Å². The van der Waals surface area contributed by atoms with Crippen molar-refractivity contribution in [2.45, 2.75) is 58.4 Å². The topological polar surface area (TPSA) is 168 Å². The maximum atomic E-state index is 12.1. The average molecular weight is 542 g/mol. The molecule has 14 nitrogen and oxygen atoms in total. The predicted molar refractivity (Wildman–Crippen MR) is 123 cm³/mol. The molecule has 1 heterocycles. The molecule has 0 spiro atoms. The van der Waals surface area contributed by atoms with E-state index in [-0.39, 0.29) is 22.8 Å². The zero-order valence-electron chi connectivity index (χ0n) is 22.0. The van der Waals surface area contributed by atoms with Crippen molar-refractivity contribution >= 4 is 29.8 Å². The van der Waals surface area contributed by atoms with E-state index < -0.39 is 67.2 Å². The highest BCUT2D eigenvalue weighted by atomic mass is 16.7. The second kappa shape index (κ2) is 13.5. The Labute approximate surface area is 218 Å². The highest BCUT2D eigenvalue weighted by Gasteiger charge is 2.53. The van der Waals surface area contributed by atoms with Crippen LogP contribution in [0.5, 0.6) is 17.2 Å². The van der Waals surface area contributed by atoms with Crippen LogP contribution in [0, 0.1) is 0 Å². The van der Waals surface area contributed by atoms with Gasteiger partial charge in [-0.2, -0.15) is 0 Å². The maximum absolute atomic E-state index is 12.1. The minimum Gasteiger partial charge on any atom is -0.493 e. The molecule has 0 aliphatic carbocycles. The van der Waals surface area contributed by atoms with Gasteiger partial charge in [-0.05, 0) is 12.1 Å². The van der Waals surface area contributed by atoms with E-state index in [1.54, 1.807) is 0 Å². The van der Waals surface area contributed by atoms with Gasteiger partial charge >= 0.3 is 29.8 Å². The van der Waals surface area contributed by atoms with Crippen LogP contribution in [-0.2, 0) is 47.6 Å². The zero-order chi connectivity index (χ0) is 28.6. The molecule has 1 saturated heterocycles. The molecular formula is C24H30O14. The molecule has 0 unspecified atom stereocenters. The number of carbonyl (C=O) groups is 5. The Balaban J connectivity index is 2.63. The van der Waals surface area contributed by atoms with Crippen molar-refractivity contribution in [2.75, 3.05) is 27.9 Å². The molecule has 0 bridgehead atoms. The third kappa shape index (κ3) is 7.71. The van der Waals surface area contributed by atoms with Gasteiger partial charge in [0.2, 0.25) is 18.1 Å². The monoisotopic (exact) mass is 542 g/mol. The van der Waals surface area contributed by atoms with Crippen LogP contribution in [0.1, 0.15) is 38.1 Å². The molecule has 0 amide bonds. The predicted octanol–water partition coefficient (Wildman–Crippen LogP) is 0.952. The van der Waals surface area contributed by atoms with E-state index in [4.69, 9.17) is 42.6 Å². The van der Waals surface area contributed by atoms with Gasteiger partial charge in [0.05, 0.1) is 26.9 Å². The molecule has 0 radical (unpaired) electrons. The van der Waals surface area contributed by atoms with E-state index in [1.165, 1.54) is 33.5 Å². The summed E-state index contributed by atoms with van der Waals surface area (Å²) in [7, 11) is 3.80. The summed E-state index contributed by atoms with van der Waals surface area (Å²) in [5, 5.41) is 0. The Kier molecular flexibility index (Phi) is 10.7. The van der Waals surface area contributed by atoms with Crippen molar-refractivity contribution in [3.05, 3.63) is 17.7 Å². The molecule has 1 aliphatic rings. The van der Waals surface area contributed by atoms with Gasteiger partial charge in [-0.1, -0.05) is 0 Å². The third-order valence-corrected chi connectivity index (χ3v) is 5.06. The number of ether oxygens (including phenoxy) is 9. The molecule has 38 heavy (non-hydrogen) atoms. The quantitative estimate of drug-likeness (QED) is 0.302. The van der Waals surface area contributed by atoms with E-state index in [9.17, 15) is 24.0 Å². The summed E-state index contributed by atoms with van der Waals surface area (Å²) in [5.74, 6) is -3.77. The molecule has 0 saturated carbocycles. The zero-order valence-corrected chi connectivity index (χ0v) is 22.0. The molecule has 5 atom stereocenters. The Bertz CT molecular complexity index is 1030. The second-order valence-corrected chi connectivity index (χ2v) is 7.89. The summed E-state index contributed by atoms with van der Waals surface area (Å²) in [6.45, 7) is 4.02. The summed E-state index contributed by atoms with van der Waals surface area (Å²) in [5.41, 5.74) is 0.0788. The summed E-state index contributed by atoms with van der Waals surface area (Å²) < 4.78 is 48.5. The Morgan fingerprint density at radius 2 is 1.24 bits per heavy atom. The average Bonchev–Trinajstić information content (AvgIpc) is 2.84. The van der Waals surface area contributed by atoms with Crippen LogP contribution in [0.25, 0.3) is 0 Å². The van der Waals surface area contributed by atoms with Crippen LogP contribution < -0.4 is 14.2 Å². The largest absolute Gasteiger partial charge is 0.493 e. The molecule has 1 aromatic rings. The Morgan fingerprint density at radius 1 is 0.737 bits per heavy atom. The molecular weight excluding hydrogens is 512 g/mol. The van der Waals surface area contributed by atoms with E-state index in [2.05, 4.69) is 0 Å². The number of benzene rings is 1. The smallest absolute Gasteiger partial charge is 0.338 e. The summed E-state index contributed by atoms with van der Waals surface area (Å²) in [4.78, 5) is 59.4. The molecule has 1 fully saturated rings. The van der Waals surface area contributed by atoms with E-state index in [0.717, 1.165) is 27.7 Å². The molecule has 14 heteroatoms. The second-order valence-electron chi connectivity index (χ2n) is 7.89. The van der Waals surface area contributed by atoms with Crippen molar-refractivity contribution in [2.24, 2.45) is 0 Å². The van der Waals surface area contributed by atoms with E-state index >= 15 is 0 Å². The standard InChI is InChI=1S/C24H30O14/c1-11(25)33-10-18-20(34-12(2)26)21(35-13(3)27)22(36-14(4)28)24(37-18)38-19-16(30-5)8-15(23(29)32-7)9-17(19)31-6/h8-9,18,20-22,24H,10H2,1-7H3/t18-,20-,21+,22-,24+/m1/s1. The number of hydrogen-bond acceptors (Lipinski definition) is 14. The molecule has 0 aromatic heterocycles. The number of carbonyl (C=O) groups excluding carboxylic acids is 5. The van der Waals surface area contributed by atoms with Gasteiger partial charge in [-0.25, -0.2) is 4.79 Å². The summed E-state index contributed by atoms with van der Waals surface area (Å²) >= 11 is 0. The lowest BCUT2D eigenvalue weighted by molar-refractivity contribution is -0.288. The van der Waals surface area contributed by atoms with Crippen molar-refractivity contribution in [3.8, 4) is 17.2 Å². The van der Waals surface area contributed by atoms with Crippen molar-refractivity contribution < 1.29 is 66.6 Å². The fourth-order valence-electron chi connectivity index (χ4n) is 3.63. The molecule has 2 rings (SSSR count). The SMILES string of the molecule is COC(=O)c1cc(OC)c(O[C@@H]2O[C@H](COC(C)=O)[C@@H](OC(C)=O)[C@H](OC(C)=O)[C@H]2OC(C)=O)c(OC)c1. The first-order valence-corrected chi connectivity index (χ1v) is 11.2. The lowest BCUT2D eigenvalue weighted by atomic mass is 9.98. The van der Waals surface area contributed by atoms with E-state index in [1.807, 2.05) is 0 Å². The first-order chi connectivity index (χ1) is 17.9. The van der Waals surface area contributed by atoms with Gasteiger partial charge in [0, 0.05) is 27.7 Å². The van der Waals surface area contributed by atoms with Gasteiger partial charge < -0.3 is 42.6 Å². The lowest BCUT2D eigenvalue weighted by Gasteiger charge is -2.44. The Hall–Kier alpha value is -4.07. The van der Waals surface area contributed by atoms with Crippen LogP contribution in [-0.4, -0.2) is 88.5 Å². The van der Waals surface area contributed by atoms with Crippen LogP contribution in [0.15, 0.2) is 12.1 Å². The van der Waals surface area contributed by atoms with Crippen molar-refractivity contribution in [3.63, 3.8) is 0 Å². The normalized spacial score (nSPS) is 22.3. The van der Waals surface area contributed by atoms with Gasteiger partial charge in [-0.15, -0.1) is 0 Å². The minimum atomic E-state index is -1.54. The number of rotatable bonds is 10. The molecule has 0 N–H and O–H groups in total. The maximum Gasteiger partial charge on any atom is 0.338 e. The fourth-order valence-corrected chi connectivity index (χ4v) is 3.63. The van der Waals surface area contributed by atoms with Crippen molar-refractivity contribution in [1.29, 1.82) is 0 Å². The number of esters is 5. The molecule has 1 aromatic carbocycles. The van der Waals surface area contributed by atoms with Gasteiger partial charge in [-0.3, -0.25) is 19.2 Å². The minimum absolute atomic E-state index is 0.0117. The number of hydrogen-bond donors (Lipinski definition) is 0. The van der Waals surface area contributed by atoms with Crippen LogP contribution in [0.4, 0.5) is 0 Å². The first-order valence-electron chi connectivity index (χ1n) is 11.2. The van der Waals surface area contributed by atoms with E-state index in [0.29, 0.717) is 0 Å². The molecule has 210 valence electrons. The van der Waals surface area contributed by atoms with Crippen LogP contribution >= 0.6 is 0 Å². The first kappa shape index (κ1) is 30.2. The van der Waals surface area contributed by atoms with Crippen LogP contribution in [0.3, 0.4) is 0 Å². The molecule has 1 aliphatic heterocycles. The fraction of sp³-hybridized carbons (Fsp3) is 0.542. The highest BCUT2D eigenvalue weighted by molar-refractivity contribution is 5.91. The number of methoxy groups -OCH3 is 3.